The zero-order chi connectivity index (χ0) is 20.8. The average Bonchev–Trinajstić information content (AvgIpc) is 3.61. The molecule has 10 heteroatoms. The topological polar surface area (TPSA) is 97.2 Å². The van der Waals surface area contributed by atoms with Gasteiger partial charge in [0.15, 0.2) is 5.16 Å². The van der Waals surface area contributed by atoms with Gasteiger partial charge in [-0.2, -0.15) is 0 Å². The predicted octanol–water partition coefficient (Wildman–Crippen LogP) is 2.86. The number of hydrogen-bond acceptors (Lipinski definition) is 6. The number of nitrogens with one attached hydrogen (secondary N) is 1. The number of benzene rings is 1. The smallest absolute Gasteiger partial charge is 0.242 e. The maximum absolute atomic E-state index is 12.7. The van der Waals surface area contributed by atoms with E-state index in [0.29, 0.717) is 17.6 Å². The van der Waals surface area contributed by atoms with Crippen LogP contribution in [-0.2, 0) is 14.8 Å². The molecule has 1 aromatic carbocycles. The van der Waals surface area contributed by atoms with E-state index < -0.39 is 15.3 Å². The fraction of sp³-hybridized carbons (Fsp3) is 0.526. The Morgan fingerprint density at radius 2 is 1.97 bits per heavy atom. The molecule has 1 heterocycles. The Morgan fingerprint density at radius 1 is 1.24 bits per heavy atom. The molecule has 0 saturated heterocycles. The van der Waals surface area contributed by atoms with Crippen molar-refractivity contribution < 1.29 is 13.2 Å². The van der Waals surface area contributed by atoms with Crippen molar-refractivity contribution in [3.63, 3.8) is 0 Å². The van der Waals surface area contributed by atoms with Crippen LogP contribution in [0.1, 0.15) is 50.4 Å². The second kappa shape index (κ2) is 7.73. The van der Waals surface area contributed by atoms with Gasteiger partial charge in [0.05, 0.1) is 10.1 Å². The van der Waals surface area contributed by atoms with Crippen molar-refractivity contribution in [2.45, 2.75) is 59.9 Å². The monoisotopic (exact) mass is 435 g/mol. The SMILES string of the molecule is C[C@@H](Sc1nnc(C2CC2)n1C1CC1)C(=O)Nc1cccc(S(=O)(=O)N(C)C)c1. The second-order valence-corrected chi connectivity index (χ2v) is 11.2. The largest absolute Gasteiger partial charge is 0.325 e. The zero-order valence-corrected chi connectivity index (χ0v) is 18.3. The standard InChI is InChI=1S/C19H25N5O3S2/c1-12(28-19-22-21-17(13-7-8-13)24(19)15-9-10-15)18(25)20-14-5-4-6-16(11-14)29(26,27)23(2)3/h4-6,11-13,15H,7-10H2,1-3H3,(H,20,25)/t12-/m1/s1. The number of amides is 1. The van der Waals surface area contributed by atoms with Crippen molar-refractivity contribution in [3.05, 3.63) is 30.1 Å². The first-order valence-corrected chi connectivity index (χ1v) is 12.0. The molecular formula is C19H25N5O3S2. The summed E-state index contributed by atoms with van der Waals surface area (Å²) in [5.74, 6) is 1.37. The number of hydrogen-bond donors (Lipinski definition) is 1. The summed E-state index contributed by atoms with van der Waals surface area (Å²) >= 11 is 1.40. The van der Waals surface area contributed by atoms with Crippen LogP contribution in [0.25, 0.3) is 0 Å². The van der Waals surface area contributed by atoms with Crippen LogP contribution in [0.5, 0.6) is 0 Å². The highest BCUT2D eigenvalue weighted by molar-refractivity contribution is 8.00. The third-order valence-electron chi connectivity index (χ3n) is 5.08. The van der Waals surface area contributed by atoms with Gasteiger partial charge in [0.1, 0.15) is 5.82 Å². The van der Waals surface area contributed by atoms with E-state index >= 15 is 0 Å². The van der Waals surface area contributed by atoms with Crippen molar-refractivity contribution >= 4 is 33.4 Å². The van der Waals surface area contributed by atoms with E-state index in [2.05, 4.69) is 20.1 Å². The molecule has 1 N–H and O–H groups in total. The van der Waals surface area contributed by atoms with Gasteiger partial charge in [-0.25, -0.2) is 12.7 Å². The lowest BCUT2D eigenvalue weighted by Crippen LogP contribution is -2.24. The first-order chi connectivity index (χ1) is 13.8. The van der Waals surface area contributed by atoms with Crippen LogP contribution in [0.15, 0.2) is 34.3 Å². The Hall–Kier alpha value is -1.91. The van der Waals surface area contributed by atoms with Crippen LogP contribution in [0.4, 0.5) is 5.69 Å². The van der Waals surface area contributed by atoms with E-state index in [4.69, 9.17) is 0 Å². The molecule has 0 aliphatic heterocycles. The van der Waals surface area contributed by atoms with Crippen LogP contribution >= 0.6 is 11.8 Å². The summed E-state index contributed by atoms with van der Waals surface area (Å²) in [7, 11) is -0.602. The first kappa shape index (κ1) is 20.4. The Morgan fingerprint density at radius 3 is 2.59 bits per heavy atom. The highest BCUT2D eigenvalue weighted by atomic mass is 32.2. The van der Waals surface area contributed by atoms with Crippen LogP contribution in [0, 0.1) is 0 Å². The van der Waals surface area contributed by atoms with E-state index in [1.807, 2.05) is 6.92 Å². The Balaban J connectivity index is 1.46. The minimum Gasteiger partial charge on any atom is -0.325 e. The molecule has 1 aromatic heterocycles. The third-order valence-corrected chi connectivity index (χ3v) is 7.94. The van der Waals surface area contributed by atoms with Crippen molar-refractivity contribution in [2.75, 3.05) is 19.4 Å². The van der Waals surface area contributed by atoms with Crippen LogP contribution in [-0.4, -0.2) is 52.7 Å². The fourth-order valence-electron chi connectivity index (χ4n) is 3.07. The number of carbonyl (C=O) groups is 1. The van der Waals surface area contributed by atoms with Gasteiger partial charge >= 0.3 is 0 Å². The molecule has 29 heavy (non-hydrogen) atoms. The number of nitrogens with zero attached hydrogens (tertiary/aromatic N) is 4. The molecule has 2 fully saturated rings. The molecule has 0 unspecified atom stereocenters. The van der Waals surface area contributed by atoms with Gasteiger partial charge in [-0.3, -0.25) is 4.79 Å². The molecule has 1 amide bonds. The maximum atomic E-state index is 12.7. The van der Waals surface area contributed by atoms with Gasteiger partial charge in [-0.1, -0.05) is 17.8 Å². The maximum Gasteiger partial charge on any atom is 0.242 e. The zero-order valence-electron chi connectivity index (χ0n) is 16.7. The number of rotatable bonds is 8. The third kappa shape index (κ3) is 4.34. The summed E-state index contributed by atoms with van der Waals surface area (Å²) in [5.41, 5.74) is 0.452. The van der Waals surface area contributed by atoms with E-state index in [9.17, 15) is 13.2 Å². The van der Waals surface area contributed by atoms with Crippen LogP contribution < -0.4 is 5.32 Å². The molecule has 156 valence electrons. The van der Waals surface area contributed by atoms with Gasteiger partial charge in [0.2, 0.25) is 15.9 Å². The molecule has 2 aliphatic rings. The lowest BCUT2D eigenvalue weighted by Gasteiger charge is -2.15. The van der Waals surface area contributed by atoms with Crippen molar-refractivity contribution in [3.8, 4) is 0 Å². The van der Waals surface area contributed by atoms with Gasteiger partial charge in [-0.15, -0.1) is 10.2 Å². The minimum absolute atomic E-state index is 0.142. The Labute approximate surface area is 175 Å². The van der Waals surface area contributed by atoms with Crippen molar-refractivity contribution in [1.29, 1.82) is 0 Å². The average molecular weight is 436 g/mol. The van der Waals surface area contributed by atoms with E-state index in [0.717, 1.165) is 41.0 Å². The summed E-state index contributed by atoms with van der Waals surface area (Å²) in [6.45, 7) is 1.82. The molecule has 2 saturated carbocycles. The van der Waals surface area contributed by atoms with E-state index in [-0.39, 0.29) is 10.8 Å². The molecule has 2 aromatic rings. The molecule has 8 nitrogen and oxygen atoms in total. The molecule has 0 bridgehead atoms. The summed E-state index contributed by atoms with van der Waals surface area (Å²) < 4.78 is 28.0. The molecule has 0 spiro atoms. The number of carbonyl (C=O) groups excluding carboxylic acids is 1. The lowest BCUT2D eigenvalue weighted by molar-refractivity contribution is -0.115. The van der Waals surface area contributed by atoms with Crippen LogP contribution in [0.2, 0.25) is 0 Å². The van der Waals surface area contributed by atoms with Crippen LogP contribution in [0.3, 0.4) is 0 Å². The first-order valence-electron chi connectivity index (χ1n) is 9.72. The van der Waals surface area contributed by atoms with Crippen molar-refractivity contribution in [2.24, 2.45) is 0 Å². The fourth-order valence-corrected chi connectivity index (χ4v) is 4.94. The summed E-state index contributed by atoms with van der Waals surface area (Å²) in [6.07, 6.45) is 4.60. The Kier molecular flexibility index (Phi) is 5.43. The quantitative estimate of drug-likeness (QED) is 0.641. The number of thioether (sulfide) groups is 1. The molecule has 2 aliphatic carbocycles. The highest BCUT2D eigenvalue weighted by Gasteiger charge is 2.37. The minimum atomic E-state index is -3.56. The summed E-state index contributed by atoms with van der Waals surface area (Å²) in [4.78, 5) is 12.9. The molecular weight excluding hydrogens is 410 g/mol. The normalized spacial score (nSPS) is 18.1. The van der Waals surface area contributed by atoms with Gasteiger partial charge < -0.3 is 9.88 Å². The van der Waals surface area contributed by atoms with E-state index in [1.165, 1.54) is 38.0 Å². The van der Waals surface area contributed by atoms with Gasteiger partial charge in [0, 0.05) is 31.7 Å². The van der Waals surface area contributed by atoms with E-state index in [1.54, 1.807) is 12.1 Å². The summed E-state index contributed by atoms with van der Waals surface area (Å²) in [6, 6.07) is 6.76. The molecule has 4 rings (SSSR count). The number of aromatic nitrogens is 3. The highest BCUT2D eigenvalue weighted by Crippen LogP contribution is 2.46. The molecule has 1 atom stereocenters. The second-order valence-electron chi connectivity index (χ2n) is 7.78. The molecule has 0 radical (unpaired) electrons. The summed E-state index contributed by atoms with van der Waals surface area (Å²) in [5, 5.41) is 11.9. The van der Waals surface area contributed by atoms with Crippen molar-refractivity contribution in [1.82, 2.24) is 19.1 Å². The predicted molar refractivity (Wildman–Crippen MR) is 112 cm³/mol. The number of sulfonamides is 1. The lowest BCUT2D eigenvalue weighted by atomic mass is 10.3. The van der Waals surface area contributed by atoms with Gasteiger partial charge in [0.25, 0.3) is 0 Å². The number of anilines is 1. The Bertz CT molecular complexity index is 1030. The van der Waals surface area contributed by atoms with Gasteiger partial charge in [-0.05, 0) is 50.8 Å².